The van der Waals surface area contributed by atoms with Crippen molar-refractivity contribution in [2.24, 2.45) is 0 Å². The fourth-order valence-electron chi connectivity index (χ4n) is 3.85. The number of benzene rings is 2. The van der Waals surface area contributed by atoms with E-state index >= 15 is 0 Å². The lowest BCUT2D eigenvalue weighted by Crippen LogP contribution is -2.19. The van der Waals surface area contributed by atoms with Crippen LogP contribution in [0.3, 0.4) is 0 Å². The molecule has 124 valence electrons. The average molecular weight is 319 g/mol. The Labute approximate surface area is 144 Å². The molecule has 0 amide bonds. The van der Waals surface area contributed by atoms with Crippen LogP contribution < -0.4 is 0 Å². The van der Waals surface area contributed by atoms with Gasteiger partial charge < -0.3 is 9.64 Å². The molecule has 0 N–H and O–H groups in total. The van der Waals surface area contributed by atoms with Crippen LogP contribution in [0.5, 0.6) is 0 Å². The molecule has 4 rings (SSSR count). The van der Waals surface area contributed by atoms with E-state index in [-0.39, 0.29) is 6.10 Å². The van der Waals surface area contributed by atoms with Crippen LogP contribution in [0.1, 0.15) is 40.7 Å². The minimum Gasteiger partial charge on any atom is -0.489 e. The van der Waals surface area contributed by atoms with Crippen molar-refractivity contribution in [3.8, 4) is 0 Å². The molecule has 0 aromatic heterocycles. The van der Waals surface area contributed by atoms with E-state index in [2.05, 4.69) is 68.4 Å². The molecular weight excluding hydrogens is 294 g/mol. The highest BCUT2D eigenvalue weighted by Crippen LogP contribution is 2.44. The van der Waals surface area contributed by atoms with E-state index in [1.165, 1.54) is 33.4 Å². The third kappa shape index (κ3) is 2.76. The second-order valence-corrected chi connectivity index (χ2v) is 7.34. The Morgan fingerprint density at radius 2 is 1.83 bits per heavy atom. The predicted molar refractivity (Wildman–Crippen MR) is 99.9 cm³/mol. The highest BCUT2D eigenvalue weighted by Gasteiger charge is 2.31. The molecule has 0 saturated heterocycles. The van der Waals surface area contributed by atoms with Gasteiger partial charge in [0.2, 0.25) is 0 Å². The fraction of sp³-hybridized carbons (Fsp3) is 0.364. The lowest BCUT2D eigenvalue weighted by atomic mass is 9.95. The Morgan fingerprint density at radius 1 is 1.04 bits per heavy atom. The van der Waals surface area contributed by atoms with Gasteiger partial charge in [-0.2, -0.15) is 0 Å². The molecule has 2 aliphatic rings. The van der Waals surface area contributed by atoms with Crippen molar-refractivity contribution >= 4 is 11.3 Å². The largest absolute Gasteiger partial charge is 0.489 e. The molecule has 1 unspecified atom stereocenters. The average Bonchev–Trinajstić information content (AvgIpc) is 2.94. The first-order valence-corrected chi connectivity index (χ1v) is 8.84. The van der Waals surface area contributed by atoms with Crippen molar-refractivity contribution in [1.82, 2.24) is 4.90 Å². The summed E-state index contributed by atoms with van der Waals surface area (Å²) in [7, 11) is 4.25. The van der Waals surface area contributed by atoms with Gasteiger partial charge in [-0.25, -0.2) is 0 Å². The molecule has 2 heteroatoms. The van der Waals surface area contributed by atoms with Gasteiger partial charge >= 0.3 is 0 Å². The van der Waals surface area contributed by atoms with Gasteiger partial charge in [-0.15, -0.1) is 0 Å². The minimum absolute atomic E-state index is 0.289. The van der Waals surface area contributed by atoms with Crippen LogP contribution in [-0.4, -0.2) is 31.6 Å². The third-order valence-electron chi connectivity index (χ3n) is 5.12. The summed E-state index contributed by atoms with van der Waals surface area (Å²) < 4.78 is 6.49. The smallest absolute Gasteiger partial charge is 0.131 e. The number of fused-ring (bicyclic) bond motifs is 4. The van der Waals surface area contributed by atoms with Crippen molar-refractivity contribution in [2.45, 2.75) is 32.3 Å². The lowest BCUT2D eigenvalue weighted by molar-refractivity contribution is 0.167. The second kappa shape index (κ2) is 6.10. The van der Waals surface area contributed by atoms with E-state index in [1.54, 1.807) is 0 Å². The van der Waals surface area contributed by atoms with Crippen LogP contribution in [0.15, 0.2) is 42.5 Å². The standard InChI is InChI=1S/C22H25NO/c1-15-8-9-17-13-16-6-4-5-7-19(16)21-14-18(10-11-23(2)3)24-22(21)20(17)12-15/h4-9,12,18H,10-11,13-14H2,1-3H3. The summed E-state index contributed by atoms with van der Waals surface area (Å²) in [4.78, 5) is 2.24. The van der Waals surface area contributed by atoms with E-state index in [0.29, 0.717) is 0 Å². The molecule has 0 radical (unpaired) electrons. The Morgan fingerprint density at radius 3 is 2.67 bits per heavy atom. The van der Waals surface area contributed by atoms with Crippen molar-refractivity contribution < 1.29 is 4.74 Å². The Balaban J connectivity index is 1.78. The molecule has 0 fully saturated rings. The number of rotatable bonds is 3. The number of ether oxygens (including phenoxy) is 1. The van der Waals surface area contributed by atoms with Crippen LogP contribution in [-0.2, 0) is 11.2 Å². The van der Waals surface area contributed by atoms with E-state index in [0.717, 1.165) is 31.6 Å². The van der Waals surface area contributed by atoms with Crippen molar-refractivity contribution in [1.29, 1.82) is 0 Å². The quantitative estimate of drug-likeness (QED) is 0.825. The molecule has 1 atom stereocenters. The van der Waals surface area contributed by atoms with Crippen LogP contribution in [0.4, 0.5) is 0 Å². The summed E-state index contributed by atoms with van der Waals surface area (Å²) in [5.41, 5.74) is 8.18. The summed E-state index contributed by atoms with van der Waals surface area (Å²) in [5, 5.41) is 0. The van der Waals surface area contributed by atoms with Crippen molar-refractivity contribution in [3.63, 3.8) is 0 Å². The van der Waals surface area contributed by atoms with Gasteiger partial charge in [0.05, 0.1) is 0 Å². The Hall–Kier alpha value is -2.06. The van der Waals surface area contributed by atoms with Gasteiger partial charge in [0, 0.05) is 24.1 Å². The molecular formula is C22H25NO. The fourth-order valence-corrected chi connectivity index (χ4v) is 3.85. The zero-order chi connectivity index (χ0) is 16.7. The van der Waals surface area contributed by atoms with Crippen LogP contribution in [0, 0.1) is 6.92 Å². The zero-order valence-electron chi connectivity index (χ0n) is 14.8. The summed E-state index contributed by atoms with van der Waals surface area (Å²) in [6.45, 7) is 3.23. The molecule has 2 nitrogen and oxygen atoms in total. The number of nitrogens with zero attached hydrogens (tertiary/aromatic N) is 1. The van der Waals surface area contributed by atoms with Gasteiger partial charge in [-0.1, -0.05) is 42.0 Å². The van der Waals surface area contributed by atoms with Gasteiger partial charge in [0.1, 0.15) is 11.9 Å². The number of hydrogen-bond acceptors (Lipinski definition) is 2. The van der Waals surface area contributed by atoms with E-state index in [9.17, 15) is 0 Å². The van der Waals surface area contributed by atoms with Crippen molar-refractivity contribution in [3.05, 3.63) is 70.3 Å². The molecule has 0 spiro atoms. The van der Waals surface area contributed by atoms with Crippen molar-refractivity contribution in [2.75, 3.05) is 20.6 Å². The number of hydrogen-bond donors (Lipinski definition) is 0. The molecule has 2 aromatic carbocycles. The molecule has 1 aliphatic carbocycles. The van der Waals surface area contributed by atoms with Crippen LogP contribution in [0.25, 0.3) is 11.3 Å². The topological polar surface area (TPSA) is 12.5 Å². The molecule has 0 bridgehead atoms. The zero-order valence-corrected chi connectivity index (χ0v) is 14.8. The van der Waals surface area contributed by atoms with Gasteiger partial charge in [0.15, 0.2) is 0 Å². The highest BCUT2D eigenvalue weighted by atomic mass is 16.5. The molecule has 1 heterocycles. The Kier molecular flexibility index (Phi) is 3.93. The van der Waals surface area contributed by atoms with Gasteiger partial charge in [-0.3, -0.25) is 0 Å². The van der Waals surface area contributed by atoms with E-state index < -0.39 is 0 Å². The molecule has 2 aromatic rings. The maximum Gasteiger partial charge on any atom is 0.131 e. The van der Waals surface area contributed by atoms with E-state index in [1.807, 2.05) is 0 Å². The monoisotopic (exact) mass is 319 g/mol. The summed E-state index contributed by atoms with van der Waals surface area (Å²) in [5.74, 6) is 1.13. The minimum atomic E-state index is 0.289. The predicted octanol–water partition coefficient (Wildman–Crippen LogP) is 4.51. The third-order valence-corrected chi connectivity index (χ3v) is 5.12. The first kappa shape index (κ1) is 15.5. The second-order valence-electron chi connectivity index (χ2n) is 7.34. The Bertz CT molecular complexity index is 803. The van der Waals surface area contributed by atoms with Gasteiger partial charge in [-0.05, 0) is 56.6 Å². The molecule has 0 saturated carbocycles. The maximum absolute atomic E-state index is 6.49. The summed E-state index contributed by atoms with van der Waals surface area (Å²) in [6, 6.07) is 15.6. The summed E-state index contributed by atoms with van der Waals surface area (Å²) in [6.07, 6.45) is 3.37. The summed E-state index contributed by atoms with van der Waals surface area (Å²) >= 11 is 0. The van der Waals surface area contributed by atoms with Crippen LogP contribution >= 0.6 is 0 Å². The maximum atomic E-state index is 6.49. The highest BCUT2D eigenvalue weighted by molar-refractivity contribution is 5.93. The first-order chi connectivity index (χ1) is 11.6. The molecule has 24 heavy (non-hydrogen) atoms. The molecule has 1 aliphatic heterocycles. The van der Waals surface area contributed by atoms with E-state index in [4.69, 9.17) is 4.74 Å². The van der Waals surface area contributed by atoms with Gasteiger partial charge in [0.25, 0.3) is 0 Å². The lowest BCUT2D eigenvalue weighted by Gasteiger charge is -2.18. The normalized spacial score (nSPS) is 18.8. The first-order valence-electron chi connectivity index (χ1n) is 8.84. The number of aryl methyl sites for hydroxylation is 1. The van der Waals surface area contributed by atoms with Crippen LogP contribution in [0.2, 0.25) is 0 Å². The SMILES string of the molecule is Cc1ccc2c(c1)C1=C(CC(CCN(C)C)O1)c1ccccc1C2.